The molecule has 2 heterocycles. The maximum atomic E-state index is 13.3. The smallest absolute Gasteiger partial charge is 0.342 e. The number of H-pyrrole nitrogens is 1. The predicted octanol–water partition coefficient (Wildman–Crippen LogP) is 4.27. The quantitative estimate of drug-likeness (QED) is 0.895. The first-order valence-electron chi connectivity index (χ1n) is 8.14. The molecule has 1 saturated carbocycles. The third kappa shape index (κ3) is 2.84. The number of imidazole rings is 1. The zero-order valence-corrected chi connectivity index (χ0v) is 13.1. The van der Waals surface area contributed by atoms with Crippen LogP contribution in [0.5, 0.6) is 0 Å². The molecule has 1 aromatic carbocycles. The first-order chi connectivity index (χ1) is 10.8. The first-order valence-corrected chi connectivity index (χ1v) is 8.14. The highest BCUT2D eigenvalue weighted by Crippen LogP contribution is 2.53. The Bertz CT molecular complexity index is 733. The number of benzene rings is 1. The van der Waals surface area contributed by atoms with Gasteiger partial charge in [-0.05, 0) is 68.8 Å². The van der Waals surface area contributed by atoms with Crippen LogP contribution in [0.3, 0.4) is 0 Å². The molecule has 1 aromatic heterocycles. The maximum Gasteiger partial charge on any atom is 0.418 e. The number of halogens is 3. The van der Waals surface area contributed by atoms with Crippen LogP contribution >= 0.6 is 0 Å². The number of likely N-dealkylation sites (tertiary alicyclic amines) is 1. The molecule has 4 rings (SSSR count). The third-order valence-electron chi connectivity index (χ3n) is 5.35. The number of nitrogens with zero attached hydrogens (tertiary/aromatic N) is 2. The molecule has 6 heteroatoms. The summed E-state index contributed by atoms with van der Waals surface area (Å²) in [5.74, 6) is 0.510. The van der Waals surface area contributed by atoms with Crippen molar-refractivity contribution in [2.75, 3.05) is 13.1 Å². The van der Waals surface area contributed by atoms with Gasteiger partial charge in [-0.1, -0.05) is 0 Å². The highest BCUT2D eigenvalue weighted by Gasteiger charge is 2.44. The van der Waals surface area contributed by atoms with Crippen LogP contribution in [0.15, 0.2) is 12.1 Å². The van der Waals surface area contributed by atoms with Gasteiger partial charge in [-0.25, -0.2) is 4.98 Å². The van der Waals surface area contributed by atoms with Gasteiger partial charge in [-0.2, -0.15) is 13.2 Å². The summed E-state index contributed by atoms with van der Waals surface area (Å²) in [6.07, 6.45) is 0.655. The maximum absolute atomic E-state index is 13.3. The Hall–Kier alpha value is -1.56. The molecule has 23 heavy (non-hydrogen) atoms. The van der Waals surface area contributed by atoms with Gasteiger partial charge in [-0.15, -0.1) is 0 Å². The number of rotatable bonds is 2. The van der Waals surface area contributed by atoms with E-state index < -0.39 is 11.7 Å². The Morgan fingerprint density at radius 1 is 1.17 bits per heavy atom. The Morgan fingerprint density at radius 2 is 1.87 bits per heavy atom. The minimum absolute atomic E-state index is 0.0225. The van der Waals surface area contributed by atoms with Crippen molar-refractivity contribution in [1.82, 2.24) is 14.9 Å². The summed E-state index contributed by atoms with van der Waals surface area (Å²) in [5.41, 5.74) is 1.15. The fourth-order valence-corrected chi connectivity index (χ4v) is 3.73. The standard InChI is InChI=1S/C17H20F3N3/c1-11-21-14-9-12(8-13(15(14)22-11)17(18,19)20)10-23-6-4-16(2-3-16)5-7-23/h8-9H,2-7,10H2,1H3,(H,21,22). The van der Waals surface area contributed by atoms with Crippen LogP contribution in [0.4, 0.5) is 13.2 Å². The Labute approximate surface area is 132 Å². The predicted molar refractivity (Wildman–Crippen MR) is 82.0 cm³/mol. The fourth-order valence-electron chi connectivity index (χ4n) is 3.73. The minimum Gasteiger partial charge on any atom is -0.342 e. The van der Waals surface area contributed by atoms with Crippen LogP contribution in [0, 0.1) is 12.3 Å². The Kier molecular flexibility index (Phi) is 3.24. The van der Waals surface area contributed by atoms with Crippen molar-refractivity contribution in [2.45, 2.75) is 45.3 Å². The number of nitrogens with one attached hydrogen (secondary N) is 1. The highest BCUT2D eigenvalue weighted by atomic mass is 19.4. The van der Waals surface area contributed by atoms with Gasteiger partial charge in [-0.3, -0.25) is 4.90 Å². The fraction of sp³-hybridized carbons (Fsp3) is 0.588. The summed E-state index contributed by atoms with van der Waals surface area (Å²) < 4.78 is 40.0. The molecule has 0 amide bonds. The van der Waals surface area contributed by atoms with Crippen molar-refractivity contribution in [3.8, 4) is 0 Å². The van der Waals surface area contributed by atoms with Crippen molar-refractivity contribution in [2.24, 2.45) is 5.41 Å². The average Bonchev–Trinajstić information content (AvgIpc) is 3.12. The summed E-state index contributed by atoms with van der Waals surface area (Å²) in [5, 5.41) is 0. The molecular formula is C17H20F3N3. The van der Waals surface area contributed by atoms with Crippen LogP contribution in [-0.4, -0.2) is 28.0 Å². The van der Waals surface area contributed by atoms with Crippen LogP contribution in [0.1, 0.15) is 42.6 Å². The summed E-state index contributed by atoms with van der Waals surface area (Å²) >= 11 is 0. The molecular weight excluding hydrogens is 303 g/mol. The van der Waals surface area contributed by atoms with Crippen molar-refractivity contribution < 1.29 is 13.2 Å². The molecule has 1 aliphatic heterocycles. The molecule has 124 valence electrons. The molecule has 0 radical (unpaired) electrons. The van der Waals surface area contributed by atoms with E-state index in [-0.39, 0.29) is 5.52 Å². The topological polar surface area (TPSA) is 31.9 Å². The second-order valence-electron chi connectivity index (χ2n) is 7.14. The second kappa shape index (κ2) is 4.97. The number of hydrogen-bond acceptors (Lipinski definition) is 2. The van der Waals surface area contributed by atoms with E-state index in [2.05, 4.69) is 14.9 Å². The minimum atomic E-state index is -4.38. The van der Waals surface area contributed by atoms with Crippen molar-refractivity contribution in [3.05, 3.63) is 29.1 Å². The molecule has 3 nitrogen and oxygen atoms in total. The van der Waals surface area contributed by atoms with Gasteiger partial charge in [0.25, 0.3) is 0 Å². The zero-order valence-electron chi connectivity index (χ0n) is 13.1. The third-order valence-corrected chi connectivity index (χ3v) is 5.35. The second-order valence-corrected chi connectivity index (χ2v) is 7.14. The molecule has 1 aliphatic carbocycles. The number of hydrogen-bond donors (Lipinski definition) is 1. The van der Waals surface area contributed by atoms with Gasteiger partial charge in [0.1, 0.15) is 11.3 Å². The van der Waals surface area contributed by atoms with Crippen molar-refractivity contribution >= 4 is 11.0 Å². The van der Waals surface area contributed by atoms with E-state index in [0.717, 1.165) is 13.1 Å². The molecule has 1 spiro atoms. The van der Waals surface area contributed by atoms with Crippen LogP contribution in [0.25, 0.3) is 11.0 Å². The molecule has 0 atom stereocenters. The van der Waals surface area contributed by atoms with Gasteiger partial charge in [0.15, 0.2) is 0 Å². The van der Waals surface area contributed by atoms with Crippen LogP contribution in [-0.2, 0) is 12.7 Å². The number of piperidine rings is 1. The number of aryl methyl sites for hydroxylation is 1. The number of alkyl halides is 3. The molecule has 2 fully saturated rings. The molecule has 0 bridgehead atoms. The van der Waals surface area contributed by atoms with Crippen LogP contribution in [0.2, 0.25) is 0 Å². The molecule has 2 aliphatic rings. The largest absolute Gasteiger partial charge is 0.418 e. The molecule has 0 unspecified atom stereocenters. The summed E-state index contributed by atoms with van der Waals surface area (Å²) in [7, 11) is 0. The van der Waals surface area contributed by atoms with Gasteiger partial charge >= 0.3 is 6.18 Å². The lowest BCUT2D eigenvalue weighted by atomic mass is 9.93. The number of aromatic amines is 1. The molecule has 2 aromatic rings. The van der Waals surface area contributed by atoms with Gasteiger partial charge in [0.05, 0.1) is 11.1 Å². The summed E-state index contributed by atoms with van der Waals surface area (Å²) in [4.78, 5) is 9.22. The zero-order chi connectivity index (χ0) is 16.2. The van der Waals surface area contributed by atoms with E-state index in [1.54, 1.807) is 6.92 Å². The van der Waals surface area contributed by atoms with E-state index in [9.17, 15) is 13.2 Å². The summed E-state index contributed by atoms with van der Waals surface area (Å²) in [6.45, 7) is 4.23. The lowest BCUT2D eigenvalue weighted by Crippen LogP contribution is -2.34. The molecule has 1 saturated heterocycles. The number of fused-ring (bicyclic) bond motifs is 1. The Balaban J connectivity index is 1.62. The monoisotopic (exact) mass is 323 g/mol. The summed E-state index contributed by atoms with van der Waals surface area (Å²) in [6, 6.07) is 3.08. The normalized spacial score (nSPS) is 21.2. The van der Waals surface area contributed by atoms with Crippen molar-refractivity contribution in [3.63, 3.8) is 0 Å². The van der Waals surface area contributed by atoms with Gasteiger partial charge < -0.3 is 4.98 Å². The van der Waals surface area contributed by atoms with E-state index in [0.29, 0.717) is 28.9 Å². The highest BCUT2D eigenvalue weighted by molar-refractivity contribution is 5.80. The lowest BCUT2D eigenvalue weighted by Gasteiger charge is -2.32. The van der Waals surface area contributed by atoms with Gasteiger partial charge in [0, 0.05) is 6.54 Å². The van der Waals surface area contributed by atoms with Gasteiger partial charge in [0.2, 0.25) is 0 Å². The van der Waals surface area contributed by atoms with Crippen molar-refractivity contribution in [1.29, 1.82) is 0 Å². The Morgan fingerprint density at radius 3 is 2.48 bits per heavy atom. The van der Waals surface area contributed by atoms with Crippen LogP contribution < -0.4 is 0 Å². The lowest BCUT2D eigenvalue weighted by molar-refractivity contribution is -0.136. The molecule has 1 N–H and O–H groups in total. The van der Waals surface area contributed by atoms with E-state index in [1.165, 1.54) is 31.7 Å². The SMILES string of the molecule is Cc1nc2c(C(F)(F)F)cc(CN3CCC4(CC3)CC4)cc2[nH]1. The average molecular weight is 323 g/mol. The van der Waals surface area contributed by atoms with E-state index in [4.69, 9.17) is 0 Å². The number of aromatic nitrogens is 2. The van der Waals surface area contributed by atoms with E-state index in [1.807, 2.05) is 6.07 Å². The first kappa shape index (κ1) is 15.0. The van der Waals surface area contributed by atoms with E-state index >= 15 is 0 Å².